The van der Waals surface area contributed by atoms with Crippen molar-refractivity contribution in [1.82, 2.24) is 0 Å². The van der Waals surface area contributed by atoms with Crippen LogP contribution in [0.4, 0.5) is 5.69 Å². The standard InChI is InChI=1S/C13H9Cl2NOS/c14-10-5-6-12(11(15)7-10)16-8-9-3-1-2-4-13(9)18(16)17/h1-7H,8H2. The molecule has 1 heterocycles. The van der Waals surface area contributed by atoms with Crippen LogP contribution in [-0.2, 0) is 17.9 Å². The van der Waals surface area contributed by atoms with Crippen LogP contribution in [0, 0.1) is 0 Å². The maximum absolute atomic E-state index is 12.4. The second-order valence-electron chi connectivity index (χ2n) is 3.99. The number of anilines is 1. The highest BCUT2D eigenvalue weighted by Crippen LogP contribution is 2.38. The first-order valence-corrected chi connectivity index (χ1v) is 7.25. The van der Waals surface area contributed by atoms with Crippen molar-refractivity contribution in [3.8, 4) is 0 Å². The molecule has 0 saturated carbocycles. The SMILES string of the molecule is [O-][S+]1c2ccccc2CN1c1ccc(Cl)cc1Cl. The van der Waals surface area contributed by atoms with E-state index in [9.17, 15) is 4.55 Å². The molecule has 1 atom stereocenters. The predicted molar refractivity (Wildman–Crippen MR) is 75.5 cm³/mol. The molecule has 3 rings (SSSR count). The largest absolute Gasteiger partial charge is 0.588 e. The molecule has 5 heteroatoms. The molecule has 2 nitrogen and oxygen atoms in total. The van der Waals surface area contributed by atoms with Crippen molar-refractivity contribution in [1.29, 1.82) is 0 Å². The van der Waals surface area contributed by atoms with Gasteiger partial charge < -0.3 is 4.55 Å². The Morgan fingerprint density at radius 3 is 2.61 bits per heavy atom. The van der Waals surface area contributed by atoms with Gasteiger partial charge in [0.05, 0.1) is 11.6 Å². The van der Waals surface area contributed by atoms with Gasteiger partial charge in [0.2, 0.25) is 0 Å². The van der Waals surface area contributed by atoms with Gasteiger partial charge in [-0.05, 0) is 24.3 Å². The van der Waals surface area contributed by atoms with E-state index in [1.807, 2.05) is 24.3 Å². The first-order valence-electron chi connectivity index (χ1n) is 5.39. The highest BCUT2D eigenvalue weighted by molar-refractivity contribution is 7.93. The minimum Gasteiger partial charge on any atom is -0.588 e. The monoisotopic (exact) mass is 297 g/mol. The van der Waals surface area contributed by atoms with Crippen LogP contribution in [-0.4, -0.2) is 4.55 Å². The van der Waals surface area contributed by atoms with E-state index in [1.165, 1.54) is 0 Å². The van der Waals surface area contributed by atoms with Crippen LogP contribution in [0.2, 0.25) is 10.0 Å². The van der Waals surface area contributed by atoms with Gasteiger partial charge in [-0.3, -0.25) is 0 Å². The Hall–Kier alpha value is -0.870. The molecule has 0 amide bonds. The lowest BCUT2D eigenvalue weighted by molar-refractivity contribution is 0.595. The highest BCUT2D eigenvalue weighted by atomic mass is 35.5. The van der Waals surface area contributed by atoms with Gasteiger partial charge in [-0.15, -0.1) is 0 Å². The van der Waals surface area contributed by atoms with Gasteiger partial charge in [0.25, 0.3) is 0 Å². The molecule has 2 aromatic rings. The van der Waals surface area contributed by atoms with Gasteiger partial charge in [-0.25, -0.2) is 0 Å². The molecule has 0 aliphatic carbocycles. The van der Waals surface area contributed by atoms with E-state index in [2.05, 4.69) is 0 Å². The fourth-order valence-corrected chi connectivity index (χ4v) is 3.94. The van der Waals surface area contributed by atoms with E-state index in [4.69, 9.17) is 23.2 Å². The average Bonchev–Trinajstić information content (AvgIpc) is 2.68. The summed E-state index contributed by atoms with van der Waals surface area (Å²) in [6.45, 7) is 0.601. The summed E-state index contributed by atoms with van der Waals surface area (Å²) in [5, 5.41) is 1.09. The Morgan fingerprint density at radius 1 is 1.11 bits per heavy atom. The Bertz CT molecular complexity index is 605. The molecule has 0 saturated heterocycles. The molecule has 0 spiro atoms. The molecule has 0 radical (unpaired) electrons. The third-order valence-electron chi connectivity index (χ3n) is 2.85. The van der Waals surface area contributed by atoms with Crippen LogP contribution in [0.3, 0.4) is 0 Å². The molecule has 18 heavy (non-hydrogen) atoms. The zero-order valence-electron chi connectivity index (χ0n) is 9.27. The maximum atomic E-state index is 12.4. The van der Waals surface area contributed by atoms with Crippen LogP contribution in [0.25, 0.3) is 0 Å². The quantitative estimate of drug-likeness (QED) is 0.743. The smallest absolute Gasteiger partial charge is 0.185 e. The normalized spacial score (nSPS) is 17.9. The van der Waals surface area contributed by atoms with Gasteiger partial charge in [0.1, 0.15) is 17.0 Å². The van der Waals surface area contributed by atoms with Crippen molar-refractivity contribution in [2.75, 3.05) is 4.31 Å². The summed E-state index contributed by atoms with van der Waals surface area (Å²) in [7, 11) is 0. The highest BCUT2D eigenvalue weighted by Gasteiger charge is 2.34. The van der Waals surface area contributed by atoms with Crippen molar-refractivity contribution in [3.63, 3.8) is 0 Å². The number of hydrogen-bond donors (Lipinski definition) is 0. The fraction of sp³-hybridized carbons (Fsp3) is 0.0769. The first kappa shape index (κ1) is 12.2. The molecule has 0 fully saturated rings. The van der Waals surface area contributed by atoms with E-state index in [0.717, 1.165) is 16.1 Å². The molecule has 0 bridgehead atoms. The minimum atomic E-state index is -1.20. The van der Waals surface area contributed by atoms with E-state index in [-0.39, 0.29) is 0 Å². The average molecular weight is 298 g/mol. The summed E-state index contributed by atoms with van der Waals surface area (Å²) in [4.78, 5) is 0.850. The zero-order chi connectivity index (χ0) is 12.7. The molecular formula is C13H9Cl2NOS. The van der Waals surface area contributed by atoms with Crippen molar-refractivity contribution in [2.24, 2.45) is 0 Å². The fourth-order valence-electron chi connectivity index (χ4n) is 1.99. The number of halogens is 2. The van der Waals surface area contributed by atoms with Gasteiger partial charge in [-0.2, -0.15) is 4.31 Å². The topological polar surface area (TPSA) is 26.3 Å². The molecule has 1 aliphatic rings. The molecule has 2 aromatic carbocycles. The molecule has 1 unspecified atom stereocenters. The predicted octanol–water partition coefficient (Wildman–Crippen LogP) is 4.04. The van der Waals surface area contributed by atoms with Crippen molar-refractivity contribution in [2.45, 2.75) is 11.4 Å². The Balaban J connectivity index is 2.01. The second kappa shape index (κ2) is 4.67. The lowest BCUT2D eigenvalue weighted by Gasteiger charge is -2.19. The van der Waals surface area contributed by atoms with Gasteiger partial charge in [0.15, 0.2) is 4.90 Å². The van der Waals surface area contributed by atoms with Crippen LogP contribution < -0.4 is 4.31 Å². The van der Waals surface area contributed by atoms with E-state index < -0.39 is 11.4 Å². The van der Waals surface area contributed by atoms with Gasteiger partial charge >= 0.3 is 0 Å². The summed E-state index contributed by atoms with van der Waals surface area (Å²) in [5.74, 6) is 0. The third kappa shape index (κ3) is 1.97. The Morgan fingerprint density at radius 2 is 1.89 bits per heavy atom. The Kier molecular flexibility index (Phi) is 3.16. The number of hydrogen-bond acceptors (Lipinski definition) is 2. The van der Waals surface area contributed by atoms with Crippen LogP contribution >= 0.6 is 23.2 Å². The summed E-state index contributed by atoms with van der Waals surface area (Å²) in [5.41, 5.74) is 1.82. The number of nitrogens with zero attached hydrogens (tertiary/aromatic N) is 1. The molecule has 0 N–H and O–H groups in total. The van der Waals surface area contributed by atoms with E-state index in [0.29, 0.717) is 16.6 Å². The van der Waals surface area contributed by atoms with E-state index >= 15 is 0 Å². The summed E-state index contributed by atoms with van der Waals surface area (Å²) < 4.78 is 14.2. The lowest BCUT2D eigenvalue weighted by Crippen LogP contribution is -2.23. The zero-order valence-corrected chi connectivity index (χ0v) is 11.6. The Labute approximate surface area is 118 Å². The molecule has 0 aromatic heterocycles. The number of fused-ring (bicyclic) bond motifs is 1. The summed E-state index contributed by atoms with van der Waals surface area (Å²) in [6, 6.07) is 12.9. The van der Waals surface area contributed by atoms with Crippen molar-refractivity contribution < 1.29 is 4.55 Å². The molecular weight excluding hydrogens is 289 g/mol. The summed E-state index contributed by atoms with van der Waals surface area (Å²) in [6.07, 6.45) is 0. The summed E-state index contributed by atoms with van der Waals surface area (Å²) >= 11 is 10.8. The third-order valence-corrected chi connectivity index (χ3v) is 4.89. The second-order valence-corrected chi connectivity index (χ2v) is 6.21. The maximum Gasteiger partial charge on any atom is 0.185 e. The van der Waals surface area contributed by atoms with Crippen LogP contribution in [0.1, 0.15) is 5.56 Å². The van der Waals surface area contributed by atoms with Crippen LogP contribution in [0.5, 0.6) is 0 Å². The van der Waals surface area contributed by atoms with Crippen LogP contribution in [0.15, 0.2) is 47.4 Å². The minimum absolute atomic E-state index is 0.517. The van der Waals surface area contributed by atoms with Crippen molar-refractivity contribution in [3.05, 3.63) is 58.1 Å². The van der Waals surface area contributed by atoms with Gasteiger partial charge in [-0.1, -0.05) is 41.4 Å². The molecule has 1 aliphatic heterocycles. The lowest BCUT2D eigenvalue weighted by atomic mass is 10.2. The molecule has 92 valence electrons. The first-order chi connectivity index (χ1) is 8.66. The van der Waals surface area contributed by atoms with Gasteiger partial charge in [0, 0.05) is 10.6 Å². The number of rotatable bonds is 1. The number of benzene rings is 2. The van der Waals surface area contributed by atoms with Crippen molar-refractivity contribution >= 4 is 40.3 Å². The van der Waals surface area contributed by atoms with E-state index in [1.54, 1.807) is 22.5 Å².